The van der Waals surface area contributed by atoms with Crippen LogP contribution >= 0.6 is 12.2 Å². The van der Waals surface area contributed by atoms with Crippen LogP contribution in [0.3, 0.4) is 0 Å². The van der Waals surface area contributed by atoms with E-state index in [9.17, 15) is 26.4 Å². The summed E-state index contributed by atoms with van der Waals surface area (Å²) in [6.45, 7) is 10.0. The lowest BCUT2D eigenvalue weighted by Gasteiger charge is -2.30. The first kappa shape index (κ1) is 33.7. The first-order chi connectivity index (χ1) is 21.1. The number of rotatable bonds is 11. The third-order valence-corrected chi connectivity index (χ3v) is 9.64. The molecule has 0 aromatic heterocycles. The molecule has 1 amide bonds. The van der Waals surface area contributed by atoms with Crippen LogP contribution in [-0.4, -0.2) is 60.7 Å². The number of hydrogen-bond donors (Lipinski definition) is 0. The van der Waals surface area contributed by atoms with Crippen molar-refractivity contribution >= 4 is 44.6 Å². The lowest BCUT2D eigenvalue weighted by molar-refractivity contribution is -0.136. The van der Waals surface area contributed by atoms with Crippen LogP contribution in [0.15, 0.2) is 66.7 Å². The maximum Gasteiger partial charge on any atom is 0.407 e. The lowest BCUT2D eigenvalue weighted by atomic mass is 10.0. The van der Waals surface area contributed by atoms with Crippen LogP contribution in [0, 0.1) is 6.57 Å². The van der Waals surface area contributed by atoms with Gasteiger partial charge in [-0.1, -0.05) is 30.3 Å². The van der Waals surface area contributed by atoms with Crippen molar-refractivity contribution in [2.45, 2.75) is 38.7 Å². The fraction of sp³-hybridized carbons (Fsp3) is 0.323. The quantitative estimate of drug-likeness (QED) is 0.184. The molecule has 0 unspecified atom stereocenters. The van der Waals surface area contributed by atoms with Crippen LogP contribution in [0.25, 0.3) is 4.85 Å². The highest BCUT2D eigenvalue weighted by atomic mass is 32.2. The zero-order chi connectivity index (χ0) is 33.2. The maximum atomic E-state index is 13.9. The minimum absolute atomic E-state index is 0.0465. The third kappa shape index (κ3) is 7.22. The van der Waals surface area contributed by atoms with Gasteiger partial charge >= 0.3 is 6.18 Å². The van der Waals surface area contributed by atoms with Crippen LogP contribution < -0.4 is 14.4 Å². The zero-order valence-electron chi connectivity index (χ0n) is 25.0. The second-order valence-corrected chi connectivity index (χ2v) is 13.2. The Morgan fingerprint density at radius 3 is 1.89 bits per heavy atom. The van der Waals surface area contributed by atoms with Gasteiger partial charge < -0.3 is 14.4 Å². The van der Waals surface area contributed by atoms with Gasteiger partial charge in [-0.15, -0.1) is 0 Å². The second-order valence-electron chi connectivity index (χ2n) is 10.7. The average Bonchev–Trinajstić information content (AvgIpc) is 3.17. The number of thiocarbonyl (C=S) groups is 1. The highest BCUT2D eigenvalue weighted by Crippen LogP contribution is 2.41. The van der Waals surface area contributed by atoms with Crippen LogP contribution in [0.2, 0.25) is 0 Å². The molecule has 238 valence electrons. The van der Waals surface area contributed by atoms with Crippen LogP contribution in [-0.2, 0) is 34.1 Å². The molecule has 0 saturated carbocycles. The van der Waals surface area contributed by atoms with Gasteiger partial charge in [0.2, 0.25) is 10.0 Å². The van der Waals surface area contributed by atoms with Crippen molar-refractivity contribution in [2.75, 3.05) is 31.4 Å². The Labute approximate surface area is 265 Å². The summed E-state index contributed by atoms with van der Waals surface area (Å²) >= 11 is 5.54. The first-order valence-electron chi connectivity index (χ1n) is 13.6. The van der Waals surface area contributed by atoms with Gasteiger partial charge in [-0.05, 0) is 73.6 Å². The molecule has 1 fully saturated rings. The largest absolute Gasteiger partial charge is 0.497 e. The number of methoxy groups -OCH3 is 2. The van der Waals surface area contributed by atoms with Crippen LogP contribution in [0.5, 0.6) is 11.5 Å². The normalized spacial score (nSPS) is 15.0. The Kier molecular flexibility index (Phi) is 9.77. The van der Waals surface area contributed by atoms with Crippen molar-refractivity contribution in [3.8, 4) is 11.5 Å². The van der Waals surface area contributed by atoms with E-state index in [0.29, 0.717) is 17.6 Å². The summed E-state index contributed by atoms with van der Waals surface area (Å²) in [6.07, 6.45) is -4.83. The number of anilines is 1. The predicted octanol–water partition coefficient (Wildman–Crippen LogP) is 6.02. The fourth-order valence-corrected chi connectivity index (χ4v) is 6.75. The monoisotopic (exact) mass is 660 g/mol. The number of carbonyl (C=O) groups is 1. The highest BCUT2D eigenvalue weighted by Gasteiger charge is 2.50. The zero-order valence-corrected chi connectivity index (χ0v) is 26.6. The number of carbonyl (C=O) groups excluding carboxylic acids is 1. The SMILES string of the molecule is [C-]#[N+]c1ccc(N2C(=O)C(C)(C)N(CCS(=O)(=O)N(Cc3ccc(OC)cc3)Cc3ccc(OC)cc3)C2=S)cc1C(F)(F)F. The molecule has 1 aliphatic rings. The molecule has 0 aliphatic carbocycles. The van der Waals surface area contributed by atoms with Gasteiger partial charge in [0.1, 0.15) is 17.0 Å². The standard InChI is InChI=1S/C31H31F3N4O5S2/c1-30(2)28(39)38(23-10-15-27(35-3)26(18-23)31(32,33)34)29(44)37(30)16-17-45(40,41)36(19-21-6-11-24(42-4)12-7-21)20-22-8-13-25(43-5)14-9-22/h6-15,18H,16-17,19-20H2,1-2,4-5H3. The molecule has 0 N–H and O–H groups in total. The van der Waals surface area contributed by atoms with E-state index in [1.807, 2.05) is 0 Å². The van der Waals surface area contributed by atoms with Crippen molar-refractivity contribution in [1.29, 1.82) is 0 Å². The van der Waals surface area contributed by atoms with E-state index >= 15 is 0 Å². The van der Waals surface area contributed by atoms with Gasteiger partial charge in [0.15, 0.2) is 10.8 Å². The van der Waals surface area contributed by atoms with E-state index in [1.165, 1.54) is 43.3 Å². The van der Waals surface area contributed by atoms with Crippen molar-refractivity contribution < 1.29 is 35.9 Å². The summed E-state index contributed by atoms with van der Waals surface area (Å²) in [6, 6.07) is 16.9. The molecule has 3 aromatic carbocycles. The van der Waals surface area contributed by atoms with Crippen molar-refractivity contribution in [3.63, 3.8) is 0 Å². The second kappa shape index (κ2) is 13.0. The molecule has 1 aliphatic heterocycles. The molecule has 45 heavy (non-hydrogen) atoms. The molecule has 0 spiro atoms. The lowest BCUT2D eigenvalue weighted by Crippen LogP contribution is -2.47. The molecule has 14 heteroatoms. The Bertz CT molecular complexity index is 1670. The molecule has 0 atom stereocenters. The molecule has 4 rings (SSSR count). The van der Waals surface area contributed by atoms with Crippen LogP contribution in [0.4, 0.5) is 24.5 Å². The van der Waals surface area contributed by atoms with E-state index in [-0.39, 0.29) is 30.4 Å². The maximum absolute atomic E-state index is 13.9. The van der Waals surface area contributed by atoms with Gasteiger partial charge in [-0.2, -0.15) is 17.5 Å². The molecule has 1 heterocycles. The Morgan fingerprint density at radius 1 is 0.933 bits per heavy atom. The molecular formula is C31H31F3N4O5S2. The van der Waals surface area contributed by atoms with E-state index in [2.05, 4.69) is 4.85 Å². The number of benzene rings is 3. The summed E-state index contributed by atoms with van der Waals surface area (Å²) in [5.41, 5.74) is -1.90. The van der Waals surface area contributed by atoms with Crippen molar-refractivity contribution in [3.05, 3.63) is 94.8 Å². The number of hydrogen-bond acceptors (Lipinski definition) is 6. The summed E-state index contributed by atoms with van der Waals surface area (Å²) in [7, 11) is -0.926. The Morgan fingerprint density at radius 2 is 1.44 bits per heavy atom. The van der Waals surface area contributed by atoms with Gasteiger partial charge in [0.05, 0.1) is 32.1 Å². The van der Waals surface area contributed by atoms with E-state index in [0.717, 1.165) is 22.1 Å². The molecular weight excluding hydrogens is 629 g/mol. The summed E-state index contributed by atoms with van der Waals surface area (Å²) < 4.78 is 80.5. The third-order valence-electron chi connectivity index (χ3n) is 7.49. The molecule has 9 nitrogen and oxygen atoms in total. The van der Waals surface area contributed by atoms with Crippen LogP contribution in [0.1, 0.15) is 30.5 Å². The number of alkyl halides is 3. The first-order valence-corrected chi connectivity index (χ1v) is 15.6. The Hall–Kier alpha value is -4.19. The number of sulfonamides is 1. The van der Waals surface area contributed by atoms with E-state index in [4.69, 9.17) is 28.3 Å². The predicted molar refractivity (Wildman–Crippen MR) is 168 cm³/mol. The van der Waals surface area contributed by atoms with Gasteiger partial charge in [0, 0.05) is 25.3 Å². The minimum Gasteiger partial charge on any atom is -0.497 e. The fourth-order valence-electron chi connectivity index (χ4n) is 4.88. The van der Waals surface area contributed by atoms with E-state index < -0.39 is 44.6 Å². The number of amides is 1. The average molecular weight is 661 g/mol. The summed E-state index contributed by atoms with van der Waals surface area (Å²) in [5.74, 6) is 0.178. The summed E-state index contributed by atoms with van der Waals surface area (Å²) in [4.78, 5) is 18.8. The molecule has 0 bridgehead atoms. The van der Waals surface area contributed by atoms with Gasteiger partial charge in [-0.3, -0.25) is 9.69 Å². The Balaban J connectivity index is 1.60. The number of ether oxygens (including phenoxy) is 2. The summed E-state index contributed by atoms with van der Waals surface area (Å²) in [5, 5.41) is -0.138. The van der Waals surface area contributed by atoms with Crippen molar-refractivity contribution in [2.24, 2.45) is 0 Å². The van der Waals surface area contributed by atoms with Gasteiger partial charge in [-0.25, -0.2) is 13.3 Å². The highest BCUT2D eigenvalue weighted by molar-refractivity contribution is 7.89. The number of nitrogens with zero attached hydrogens (tertiary/aromatic N) is 4. The molecule has 0 radical (unpaired) electrons. The molecule has 3 aromatic rings. The smallest absolute Gasteiger partial charge is 0.407 e. The topological polar surface area (TPSA) is 83.8 Å². The van der Waals surface area contributed by atoms with Gasteiger partial charge in [0.25, 0.3) is 5.91 Å². The number of halogens is 3. The van der Waals surface area contributed by atoms with Crippen molar-refractivity contribution in [1.82, 2.24) is 9.21 Å². The minimum atomic E-state index is -4.83. The molecule has 1 saturated heterocycles. The van der Waals surface area contributed by atoms with E-state index in [1.54, 1.807) is 48.5 Å².